The van der Waals surface area contributed by atoms with Crippen molar-refractivity contribution < 1.29 is 4.74 Å². The minimum atomic E-state index is -0.233. The molecule has 0 amide bonds. The van der Waals surface area contributed by atoms with Crippen molar-refractivity contribution in [2.45, 2.75) is 26.3 Å². The molecule has 1 heterocycles. The van der Waals surface area contributed by atoms with Gasteiger partial charge in [0.15, 0.2) is 0 Å². The second-order valence-corrected chi connectivity index (χ2v) is 4.70. The quantitative estimate of drug-likeness (QED) is 0.736. The SMILES string of the molecule is C/N=C\C(=N)[C@@](C)(C(C)C)N1CCOCC1. The maximum absolute atomic E-state index is 8.18. The molecule has 1 rings (SSSR count). The molecular formula is C12H23N3O. The molecule has 0 radical (unpaired) electrons. The number of nitrogens with zero attached hydrogens (tertiary/aromatic N) is 2. The van der Waals surface area contributed by atoms with E-state index in [-0.39, 0.29) is 5.54 Å². The van der Waals surface area contributed by atoms with Crippen molar-refractivity contribution in [3.8, 4) is 0 Å². The predicted octanol–water partition coefficient (Wildman–Crippen LogP) is 1.45. The van der Waals surface area contributed by atoms with Gasteiger partial charge in [0.05, 0.1) is 24.5 Å². The summed E-state index contributed by atoms with van der Waals surface area (Å²) in [5, 5.41) is 8.18. The lowest BCUT2D eigenvalue weighted by Crippen LogP contribution is -2.59. The van der Waals surface area contributed by atoms with Crippen molar-refractivity contribution in [3.05, 3.63) is 0 Å². The van der Waals surface area contributed by atoms with Crippen LogP contribution in [0.4, 0.5) is 0 Å². The average molecular weight is 225 g/mol. The Bertz CT molecular complexity index is 269. The summed E-state index contributed by atoms with van der Waals surface area (Å²) in [7, 11) is 1.72. The molecule has 1 N–H and O–H groups in total. The molecule has 0 saturated carbocycles. The van der Waals surface area contributed by atoms with E-state index in [1.807, 2.05) is 0 Å². The van der Waals surface area contributed by atoms with Gasteiger partial charge in [-0.2, -0.15) is 0 Å². The molecule has 0 bridgehead atoms. The molecular weight excluding hydrogens is 202 g/mol. The van der Waals surface area contributed by atoms with Crippen molar-refractivity contribution >= 4 is 11.9 Å². The molecule has 1 saturated heterocycles. The highest BCUT2D eigenvalue weighted by Gasteiger charge is 2.39. The third-order valence-electron chi connectivity index (χ3n) is 3.60. The number of rotatable bonds is 4. The van der Waals surface area contributed by atoms with Crippen molar-refractivity contribution in [1.29, 1.82) is 5.41 Å². The summed E-state index contributed by atoms with van der Waals surface area (Å²) in [6.45, 7) is 9.77. The highest BCUT2D eigenvalue weighted by molar-refractivity contribution is 6.33. The predicted molar refractivity (Wildman–Crippen MR) is 67.8 cm³/mol. The molecule has 0 spiro atoms. The van der Waals surface area contributed by atoms with Gasteiger partial charge in [-0.15, -0.1) is 0 Å². The van der Waals surface area contributed by atoms with Crippen molar-refractivity contribution in [2.24, 2.45) is 10.9 Å². The van der Waals surface area contributed by atoms with Gasteiger partial charge < -0.3 is 10.1 Å². The normalized spacial score (nSPS) is 22.6. The summed E-state index contributed by atoms with van der Waals surface area (Å²) in [5.41, 5.74) is 0.357. The molecule has 4 nitrogen and oxygen atoms in total. The van der Waals surface area contributed by atoms with Crippen LogP contribution in [0.25, 0.3) is 0 Å². The number of hydrogen-bond donors (Lipinski definition) is 1. The monoisotopic (exact) mass is 225 g/mol. The van der Waals surface area contributed by atoms with E-state index in [4.69, 9.17) is 10.1 Å². The second kappa shape index (κ2) is 5.55. The van der Waals surface area contributed by atoms with E-state index in [1.165, 1.54) is 0 Å². The van der Waals surface area contributed by atoms with E-state index >= 15 is 0 Å². The van der Waals surface area contributed by atoms with Gasteiger partial charge in [0.1, 0.15) is 0 Å². The summed E-state index contributed by atoms with van der Waals surface area (Å²) in [4.78, 5) is 6.31. The molecule has 1 fully saturated rings. The van der Waals surface area contributed by atoms with Crippen molar-refractivity contribution in [3.63, 3.8) is 0 Å². The van der Waals surface area contributed by atoms with Crippen LogP contribution in [0.15, 0.2) is 4.99 Å². The van der Waals surface area contributed by atoms with Gasteiger partial charge >= 0.3 is 0 Å². The van der Waals surface area contributed by atoms with Crippen LogP contribution in [0, 0.1) is 11.3 Å². The molecule has 4 heteroatoms. The average Bonchev–Trinajstić information content (AvgIpc) is 2.29. The number of hydrogen-bond acceptors (Lipinski definition) is 4. The Morgan fingerprint density at radius 1 is 1.44 bits per heavy atom. The lowest BCUT2D eigenvalue weighted by atomic mass is 9.82. The molecule has 0 aliphatic carbocycles. The number of aliphatic imine (C=N–C) groups is 1. The summed E-state index contributed by atoms with van der Waals surface area (Å²) in [5.74, 6) is 0.385. The summed E-state index contributed by atoms with van der Waals surface area (Å²) in [6, 6.07) is 0. The third-order valence-corrected chi connectivity index (χ3v) is 3.60. The fourth-order valence-electron chi connectivity index (χ4n) is 2.13. The Morgan fingerprint density at radius 3 is 2.44 bits per heavy atom. The second-order valence-electron chi connectivity index (χ2n) is 4.70. The molecule has 0 aromatic heterocycles. The molecule has 16 heavy (non-hydrogen) atoms. The van der Waals surface area contributed by atoms with Crippen LogP contribution in [0.5, 0.6) is 0 Å². The lowest BCUT2D eigenvalue weighted by molar-refractivity contribution is -0.00692. The molecule has 92 valence electrons. The maximum atomic E-state index is 8.18. The Kier molecular flexibility index (Phi) is 4.62. The van der Waals surface area contributed by atoms with E-state index in [1.54, 1.807) is 13.3 Å². The van der Waals surface area contributed by atoms with Crippen LogP contribution < -0.4 is 0 Å². The van der Waals surface area contributed by atoms with Gasteiger partial charge in [-0.3, -0.25) is 9.89 Å². The molecule has 1 aliphatic heterocycles. The van der Waals surface area contributed by atoms with Gasteiger partial charge in [-0.1, -0.05) is 13.8 Å². The fraction of sp³-hybridized carbons (Fsp3) is 0.833. The summed E-state index contributed by atoms with van der Waals surface area (Å²) in [6.07, 6.45) is 1.66. The van der Waals surface area contributed by atoms with E-state index in [9.17, 15) is 0 Å². The zero-order valence-electron chi connectivity index (χ0n) is 10.8. The first kappa shape index (κ1) is 13.3. The first-order valence-electron chi connectivity index (χ1n) is 5.87. The van der Waals surface area contributed by atoms with Gasteiger partial charge in [-0.05, 0) is 12.8 Å². The summed E-state index contributed by atoms with van der Waals surface area (Å²) >= 11 is 0. The third kappa shape index (κ3) is 2.50. The summed E-state index contributed by atoms with van der Waals surface area (Å²) < 4.78 is 5.37. The first-order valence-corrected chi connectivity index (χ1v) is 5.87. The van der Waals surface area contributed by atoms with Gasteiger partial charge in [0.25, 0.3) is 0 Å². The molecule has 1 aliphatic rings. The zero-order chi connectivity index (χ0) is 12.2. The van der Waals surface area contributed by atoms with E-state index in [0.29, 0.717) is 11.6 Å². The highest BCUT2D eigenvalue weighted by atomic mass is 16.5. The minimum absolute atomic E-state index is 0.233. The largest absolute Gasteiger partial charge is 0.379 e. The zero-order valence-corrected chi connectivity index (χ0v) is 10.8. The van der Waals surface area contributed by atoms with Crippen LogP contribution in [0.2, 0.25) is 0 Å². The van der Waals surface area contributed by atoms with Crippen LogP contribution in [-0.2, 0) is 4.74 Å². The van der Waals surface area contributed by atoms with Crippen LogP contribution >= 0.6 is 0 Å². The van der Waals surface area contributed by atoms with E-state index < -0.39 is 0 Å². The molecule has 0 unspecified atom stereocenters. The molecule has 0 aromatic rings. The standard InChI is InChI=1S/C12H23N3O/c1-10(2)12(3,11(13)9-14-4)15-5-7-16-8-6-15/h9-10,13H,5-8H2,1-4H3/b13-11?,14-9-/t12-/m1/s1. The van der Waals surface area contributed by atoms with E-state index in [0.717, 1.165) is 26.3 Å². The van der Waals surface area contributed by atoms with Gasteiger partial charge in [0, 0.05) is 26.4 Å². The van der Waals surface area contributed by atoms with Crippen LogP contribution in [0.3, 0.4) is 0 Å². The highest BCUT2D eigenvalue weighted by Crippen LogP contribution is 2.26. The van der Waals surface area contributed by atoms with Crippen molar-refractivity contribution in [1.82, 2.24) is 4.90 Å². The Hall–Kier alpha value is -0.740. The Morgan fingerprint density at radius 2 is 2.00 bits per heavy atom. The Labute approximate surface area is 98.2 Å². The minimum Gasteiger partial charge on any atom is -0.379 e. The molecule has 0 aromatic carbocycles. The number of ether oxygens (including phenoxy) is 1. The number of morpholine rings is 1. The fourth-order valence-corrected chi connectivity index (χ4v) is 2.13. The lowest BCUT2D eigenvalue weighted by Gasteiger charge is -2.45. The van der Waals surface area contributed by atoms with Gasteiger partial charge in [-0.25, -0.2) is 0 Å². The molecule has 1 atom stereocenters. The van der Waals surface area contributed by atoms with E-state index in [2.05, 4.69) is 30.7 Å². The van der Waals surface area contributed by atoms with Crippen LogP contribution in [0.1, 0.15) is 20.8 Å². The number of nitrogens with one attached hydrogen (secondary N) is 1. The Balaban J connectivity index is 2.90. The van der Waals surface area contributed by atoms with Crippen molar-refractivity contribution in [2.75, 3.05) is 33.4 Å². The smallest absolute Gasteiger partial charge is 0.0694 e. The first-order chi connectivity index (χ1) is 7.53. The van der Waals surface area contributed by atoms with Gasteiger partial charge in [0.2, 0.25) is 0 Å². The maximum Gasteiger partial charge on any atom is 0.0694 e. The van der Waals surface area contributed by atoms with Crippen LogP contribution in [-0.4, -0.2) is 55.7 Å². The topological polar surface area (TPSA) is 48.7 Å².